The molecule has 0 fully saturated rings. The number of hydrogen-bond acceptors (Lipinski definition) is 2. The van der Waals surface area contributed by atoms with Crippen LogP contribution in [0.2, 0.25) is 0 Å². The summed E-state index contributed by atoms with van der Waals surface area (Å²) in [6, 6.07) is 3.35. The van der Waals surface area contributed by atoms with Gasteiger partial charge in [0.05, 0.1) is 5.56 Å². The summed E-state index contributed by atoms with van der Waals surface area (Å²) in [7, 11) is 0. The van der Waals surface area contributed by atoms with Crippen molar-refractivity contribution in [3.05, 3.63) is 29.3 Å². The second kappa shape index (κ2) is 5.65. The SMILES string of the molecule is CCC(C)Sc1ccc(C(F)(F)F)cc1C(=N)N. The van der Waals surface area contributed by atoms with Crippen molar-refractivity contribution in [1.29, 1.82) is 5.41 Å². The van der Waals surface area contributed by atoms with Crippen LogP contribution in [-0.2, 0) is 6.18 Å². The van der Waals surface area contributed by atoms with Gasteiger partial charge in [-0.15, -0.1) is 11.8 Å². The Morgan fingerprint density at radius 1 is 1.44 bits per heavy atom. The van der Waals surface area contributed by atoms with Crippen molar-refractivity contribution in [2.75, 3.05) is 0 Å². The van der Waals surface area contributed by atoms with Crippen LogP contribution >= 0.6 is 11.8 Å². The quantitative estimate of drug-likeness (QED) is 0.498. The van der Waals surface area contributed by atoms with Gasteiger partial charge in [0.1, 0.15) is 5.84 Å². The van der Waals surface area contributed by atoms with Crippen LogP contribution in [0.4, 0.5) is 13.2 Å². The Balaban J connectivity index is 3.17. The minimum absolute atomic E-state index is 0.148. The number of amidine groups is 1. The predicted molar refractivity (Wildman–Crippen MR) is 68.1 cm³/mol. The molecule has 1 unspecified atom stereocenters. The van der Waals surface area contributed by atoms with Crippen molar-refractivity contribution >= 4 is 17.6 Å². The average molecular weight is 276 g/mol. The number of halogens is 3. The molecule has 0 aliphatic carbocycles. The fraction of sp³-hybridized carbons (Fsp3) is 0.417. The number of nitrogens with two attached hydrogens (primary N) is 1. The molecule has 100 valence electrons. The number of alkyl halides is 3. The molecule has 0 radical (unpaired) electrons. The fourth-order valence-corrected chi connectivity index (χ4v) is 2.36. The molecule has 0 aliphatic rings. The number of benzene rings is 1. The highest BCUT2D eigenvalue weighted by atomic mass is 32.2. The first-order valence-electron chi connectivity index (χ1n) is 5.48. The summed E-state index contributed by atoms with van der Waals surface area (Å²) in [5.41, 5.74) is 4.72. The lowest BCUT2D eigenvalue weighted by Crippen LogP contribution is -2.15. The molecule has 1 atom stereocenters. The molecule has 0 amide bonds. The number of hydrogen-bond donors (Lipinski definition) is 2. The average Bonchev–Trinajstić information content (AvgIpc) is 2.27. The molecule has 0 aliphatic heterocycles. The lowest BCUT2D eigenvalue weighted by atomic mass is 10.1. The van der Waals surface area contributed by atoms with Crippen LogP contribution in [0.3, 0.4) is 0 Å². The minimum Gasteiger partial charge on any atom is -0.384 e. The topological polar surface area (TPSA) is 49.9 Å². The third-order valence-corrected chi connectivity index (χ3v) is 3.85. The highest BCUT2D eigenvalue weighted by Crippen LogP contribution is 2.34. The summed E-state index contributed by atoms with van der Waals surface area (Å²) >= 11 is 1.43. The van der Waals surface area contributed by atoms with Crippen LogP contribution in [0, 0.1) is 5.41 Å². The Labute approximate surface area is 108 Å². The van der Waals surface area contributed by atoms with Gasteiger partial charge < -0.3 is 5.73 Å². The molecule has 3 N–H and O–H groups in total. The summed E-state index contributed by atoms with van der Waals surface area (Å²) in [6.45, 7) is 3.97. The van der Waals surface area contributed by atoms with E-state index in [2.05, 4.69) is 0 Å². The van der Waals surface area contributed by atoms with Crippen LogP contribution < -0.4 is 5.73 Å². The molecule has 0 bridgehead atoms. The second-order valence-electron chi connectivity index (χ2n) is 3.96. The molecule has 0 heterocycles. The lowest BCUT2D eigenvalue weighted by molar-refractivity contribution is -0.137. The summed E-state index contributed by atoms with van der Waals surface area (Å²) < 4.78 is 37.7. The van der Waals surface area contributed by atoms with Crippen LogP contribution in [0.1, 0.15) is 31.4 Å². The molecule has 0 aromatic heterocycles. The lowest BCUT2D eigenvalue weighted by Gasteiger charge is -2.14. The van der Waals surface area contributed by atoms with Gasteiger partial charge in [0.25, 0.3) is 0 Å². The zero-order chi connectivity index (χ0) is 13.9. The van der Waals surface area contributed by atoms with E-state index in [1.54, 1.807) is 0 Å². The van der Waals surface area contributed by atoms with Crippen molar-refractivity contribution in [3.8, 4) is 0 Å². The maximum absolute atomic E-state index is 12.6. The maximum atomic E-state index is 12.6. The number of rotatable bonds is 4. The highest BCUT2D eigenvalue weighted by molar-refractivity contribution is 8.00. The molecule has 0 saturated carbocycles. The third kappa shape index (κ3) is 3.66. The number of nitrogens with one attached hydrogen (secondary N) is 1. The first-order chi connectivity index (χ1) is 8.25. The molecule has 2 nitrogen and oxygen atoms in total. The second-order valence-corrected chi connectivity index (χ2v) is 5.44. The van der Waals surface area contributed by atoms with Crippen LogP contribution in [0.25, 0.3) is 0 Å². The Morgan fingerprint density at radius 2 is 2.06 bits per heavy atom. The summed E-state index contributed by atoms with van der Waals surface area (Å²) in [6.07, 6.45) is -3.52. The molecule has 18 heavy (non-hydrogen) atoms. The van der Waals surface area contributed by atoms with E-state index in [0.717, 1.165) is 18.6 Å². The maximum Gasteiger partial charge on any atom is 0.416 e. The molecular weight excluding hydrogens is 261 g/mol. The van der Waals surface area contributed by atoms with Crippen molar-refractivity contribution in [2.45, 2.75) is 36.6 Å². The van der Waals surface area contributed by atoms with Crippen LogP contribution in [0.15, 0.2) is 23.1 Å². The van der Waals surface area contributed by atoms with Gasteiger partial charge in [0, 0.05) is 15.7 Å². The summed E-state index contributed by atoms with van der Waals surface area (Å²) in [5, 5.41) is 7.64. The van der Waals surface area contributed by atoms with Gasteiger partial charge in [0.15, 0.2) is 0 Å². The van der Waals surface area contributed by atoms with E-state index in [4.69, 9.17) is 11.1 Å². The van der Waals surface area contributed by atoms with Gasteiger partial charge in [-0.3, -0.25) is 5.41 Å². The highest BCUT2D eigenvalue weighted by Gasteiger charge is 2.31. The van der Waals surface area contributed by atoms with Crippen LogP contribution in [-0.4, -0.2) is 11.1 Å². The molecule has 1 aromatic carbocycles. The molecule has 6 heteroatoms. The predicted octanol–water partition coefficient (Wildman–Crippen LogP) is 3.88. The number of thioether (sulfide) groups is 1. The van der Waals surface area contributed by atoms with Crippen molar-refractivity contribution in [2.24, 2.45) is 5.73 Å². The smallest absolute Gasteiger partial charge is 0.384 e. The van der Waals surface area contributed by atoms with Gasteiger partial charge in [-0.25, -0.2) is 0 Å². The summed E-state index contributed by atoms with van der Waals surface area (Å²) in [4.78, 5) is 0.616. The molecule has 0 saturated heterocycles. The first-order valence-corrected chi connectivity index (χ1v) is 6.36. The Bertz CT molecular complexity index is 443. The van der Waals surface area contributed by atoms with E-state index in [1.807, 2.05) is 13.8 Å². The van der Waals surface area contributed by atoms with Gasteiger partial charge >= 0.3 is 6.18 Å². The van der Waals surface area contributed by atoms with Gasteiger partial charge in [-0.2, -0.15) is 13.2 Å². The van der Waals surface area contributed by atoms with Crippen molar-refractivity contribution in [1.82, 2.24) is 0 Å². The first kappa shape index (κ1) is 14.9. The van der Waals surface area contributed by atoms with E-state index in [-0.39, 0.29) is 16.6 Å². The minimum atomic E-state index is -4.41. The van der Waals surface area contributed by atoms with Crippen molar-refractivity contribution < 1.29 is 13.2 Å². The van der Waals surface area contributed by atoms with Crippen molar-refractivity contribution in [3.63, 3.8) is 0 Å². The van der Waals surface area contributed by atoms with Crippen LogP contribution in [0.5, 0.6) is 0 Å². The molecule has 1 rings (SSSR count). The summed E-state index contributed by atoms with van der Waals surface area (Å²) in [5.74, 6) is -0.341. The van der Waals surface area contributed by atoms with E-state index < -0.39 is 11.7 Å². The standard InChI is InChI=1S/C12H15F3N2S/c1-3-7(2)18-10-5-4-8(12(13,14)15)6-9(10)11(16)17/h4-7H,3H2,1-2H3,(H3,16,17). The van der Waals surface area contributed by atoms with E-state index >= 15 is 0 Å². The van der Waals surface area contributed by atoms with Gasteiger partial charge in [-0.05, 0) is 24.6 Å². The monoisotopic (exact) mass is 276 g/mol. The zero-order valence-corrected chi connectivity index (χ0v) is 11.0. The van der Waals surface area contributed by atoms with E-state index in [0.29, 0.717) is 4.90 Å². The Hall–Kier alpha value is -1.17. The molecular formula is C12H15F3N2S. The Kier molecular flexibility index (Phi) is 4.67. The van der Waals surface area contributed by atoms with Gasteiger partial charge in [-0.1, -0.05) is 13.8 Å². The fourth-order valence-electron chi connectivity index (χ4n) is 1.32. The van der Waals surface area contributed by atoms with Gasteiger partial charge in [0.2, 0.25) is 0 Å². The van der Waals surface area contributed by atoms with E-state index in [1.165, 1.54) is 17.8 Å². The Morgan fingerprint density at radius 3 is 2.50 bits per heavy atom. The molecule has 1 aromatic rings. The molecule has 0 spiro atoms. The zero-order valence-electron chi connectivity index (χ0n) is 10.1. The third-order valence-electron chi connectivity index (χ3n) is 2.50. The van der Waals surface area contributed by atoms with E-state index in [9.17, 15) is 13.2 Å². The normalized spacial score (nSPS) is 13.4. The largest absolute Gasteiger partial charge is 0.416 e. The number of nitrogen functional groups attached to an aromatic ring is 1.